The maximum absolute atomic E-state index is 5.18. The molecule has 4 nitrogen and oxygen atoms in total. The van der Waals surface area contributed by atoms with E-state index < -0.39 is 6.17 Å². The molecular formula is C52H38N4. The summed E-state index contributed by atoms with van der Waals surface area (Å²) in [5, 5.41) is 3.54. The molecule has 0 spiro atoms. The Kier molecular flexibility index (Phi) is 9.75. The summed E-state index contributed by atoms with van der Waals surface area (Å²) in [6.07, 6.45) is 3.26. The number of rotatable bonds is 9. The van der Waals surface area contributed by atoms with Gasteiger partial charge in [-0.2, -0.15) is 0 Å². The molecule has 7 aromatic carbocycles. The quantitative estimate of drug-likeness (QED) is 0.151. The van der Waals surface area contributed by atoms with E-state index in [4.69, 9.17) is 9.98 Å². The molecule has 8 aromatic rings. The van der Waals surface area contributed by atoms with Gasteiger partial charge in [0.2, 0.25) is 0 Å². The maximum atomic E-state index is 5.18. The van der Waals surface area contributed by atoms with Gasteiger partial charge in [0, 0.05) is 29.1 Å². The van der Waals surface area contributed by atoms with Gasteiger partial charge in [0.25, 0.3) is 0 Å². The second-order valence-electron chi connectivity index (χ2n) is 13.7. The van der Waals surface area contributed by atoms with E-state index in [-0.39, 0.29) is 0 Å². The lowest BCUT2D eigenvalue weighted by Gasteiger charge is -2.23. The zero-order chi connectivity index (χ0) is 37.5. The van der Waals surface area contributed by atoms with E-state index in [1.54, 1.807) is 6.20 Å². The number of hydrogen-bond acceptors (Lipinski definition) is 4. The Bertz CT molecular complexity index is 2630. The SMILES string of the molecule is c1ccc(C2=NC(c3ccc(-c4cccc(C(=C(c5ccccc5)c5ccccc5)c5ccccc5)c4)cc3)N=C(c3cccc(-c4cccnc4)c3)N2)cc1. The minimum Gasteiger partial charge on any atom is -0.324 e. The van der Waals surface area contributed by atoms with Gasteiger partial charge in [-0.05, 0) is 73.9 Å². The molecule has 1 aromatic heterocycles. The Hall–Kier alpha value is -7.43. The molecule has 0 amide bonds. The minimum atomic E-state index is -0.421. The molecule has 0 saturated heterocycles. The van der Waals surface area contributed by atoms with E-state index >= 15 is 0 Å². The van der Waals surface area contributed by atoms with E-state index in [2.05, 4.69) is 192 Å². The summed E-state index contributed by atoms with van der Waals surface area (Å²) in [6, 6.07) is 72.4. The van der Waals surface area contributed by atoms with Crippen LogP contribution in [0.25, 0.3) is 33.4 Å². The molecule has 1 aliphatic rings. The average Bonchev–Trinajstić information content (AvgIpc) is 3.29. The first kappa shape index (κ1) is 34.3. The number of aromatic nitrogens is 1. The number of amidine groups is 2. The molecule has 2 heterocycles. The number of hydrogen-bond donors (Lipinski definition) is 1. The van der Waals surface area contributed by atoms with E-state index in [1.807, 2.05) is 30.5 Å². The molecule has 1 aliphatic heterocycles. The van der Waals surface area contributed by atoms with Crippen LogP contribution in [-0.2, 0) is 0 Å². The number of pyridine rings is 1. The average molecular weight is 719 g/mol. The number of nitrogens with one attached hydrogen (secondary N) is 1. The van der Waals surface area contributed by atoms with Crippen LogP contribution < -0.4 is 5.32 Å². The van der Waals surface area contributed by atoms with Gasteiger partial charge in [-0.3, -0.25) is 4.98 Å². The monoisotopic (exact) mass is 718 g/mol. The van der Waals surface area contributed by atoms with E-state index in [0.717, 1.165) is 56.2 Å². The second kappa shape index (κ2) is 15.9. The zero-order valence-corrected chi connectivity index (χ0v) is 30.7. The Morgan fingerprint density at radius 3 is 1.41 bits per heavy atom. The molecule has 0 bridgehead atoms. The van der Waals surface area contributed by atoms with Crippen LogP contribution in [0.5, 0.6) is 0 Å². The van der Waals surface area contributed by atoms with Crippen LogP contribution in [0.4, 0.5) is 0 Å². The van der Waals surface area contributed by atoms with Crippen molar-refractivity contribution in [3.05, 3.63) is 258 Å². The van der Waals surface area contributed by atoms with Crippen molar-refractivity contribution in [3.8, 4) is 22.3 Å². The molecule has 266 valence electrons. The predicted octanol–water partition coefficient (Wildman–Crippen LogP) is 11.9. The largest absolute Gasteiger partial charge is 0.324 e. The second-order valence-corrected chi connectivity index (χ2v) is 13.7. The number of aliphatic imine (C=N–C) groups is 2. The highest BCUT2D eigenvalue weighted by Gasteiger charge is 2.22. The third kappa shape index (κ3) is 7.37. The highest BCUT2D eigenvalue weighted by atomic mass is 15.2. The van der Waals surface area contributed by atoms with Gasteiger partial charge < -0.3 is 5.32 Å². The van der Waals surface area contributed by atoms with Crippen LogP contribution in [0.15, 0.2) is 229 Å². The third-order valence-electron chi connectivity index (χ3n) is 10.0. The summed E-state index contributed by atoms with van der Waals surface area (Å²) < 4.78 is 0. The third-order valence-corrected chi connectivity index (χ3v) is 10.0. The van der Waals surface area contributed by atoms with Gasteiger partial charge in [-0.25, -0.2) is 9.98 Å². The smallest absolute Gasteiger partial charge is 0.169 e. The van der Waals surface area contributed by atoms with Crippen molar-refractivity contribution in [1.29, 1.82) is 0 Å². The Balaban J connectivity index is 1.10. The predicted molar refractivity (Wildman–Crippen MR) is 231 cm³/mol. The first-order valence-electron chi connectivity index (χ1n) is 18.9. The van der Waals surface area contributed by atoms with Gasteiger partial charge in [0.15, 0.2) is 6.17 Å². The van der Waals surface area contributed by atoms with Crippen molar-refractivity contribution < 1.29 is 0 Å². The number of nitrogens with zero attached hydrogens (tertiary/aromatic N) is 3. The van der Waals surface area contributed by atoms with E-state index in [0.29, 0.717) is 0 Å². The first-order valence-corrected chi connectivity index (χ1v) is 18.9. The normalized spacial score (nSPS) is 13.5. The molecule has 0 radical (unpaired) electrons. The molecule has 1 atom stereocenters. The summed E-state index contributed by atoms with van der Waals surface area (Å²) in [5.74, 6) is 1.57. The lowest BCUT2D eigenvalue weighted by Crippen LogP contribution is -2.36. The van der Waals surface area contributed by atoms with E-state index in [9.17, 15) is 0 Å². The molecule has 9 rings (SSSR count). The summed E-state index contributed by atoms with van der Waals surface area (Å²) in [6.45, 7) is 0. The lowest BCUT2D eigenvalue weighted by molar-refractivity contribution is 0.756. The Labute approximate surface area is 328 Å². The lowest BCUT2D eigenvalue weighted by atomic mass is 9.85. The molecule has 1 N–H and O–H groups in total. The molecule has 0 saturated carbocycles. The van der Waals surface area contributed by atoms with Gasteiger partial charge in [0.05, 0.1) is 0 Å². The van der Waals surface area contributed by atoms with Crippen molar-refractivity contribution in [3.63, 3.8) is 0 Å². The number of benzene rings is 7. The summed E-state index contributed by atoms with van der Waals surface area (Å²) in [5.41, 5.74) is 14.5. The van der Waals surface area contributed by atoms with Gasteiger partial charge >= 0.3 is 0 Å². The Morgan fingerprint density at radius 1 is 0.357 bits per heavy atom. The van der Waals surface area contributed by atoms with Crippen molar-refractivity contribution in [2.24, 2.45) is 9.98 Å². The van der Waals surface area contributed by atoms with Crippen LogP contribution in [-0.4, -0.2) is 16.7 Å². The topological polar surface area (TPSA) is 49.6 Å². The highest BCUT2D eigenvalue weighted by Crippen LogP contribution is 2.38. The van der Waals surface area contributed by atoms with Crippen LogP contribution in [0.2, 0.25) is 0 Å². The fourth-order valence-corrected chi connectivity index (χ4v) is 7.30. The fourth-order valence-electron chi connectivity index (χ4n) is 7.30. The van der Waals surface area contributed by atoms with Crippen molar-refractivity contribution in [2.75, 3.05) is 0 Å². The standard InChI is InChI=1S/C52H38N4/c1-5-16-38(17-6-1)48(39-18-7-2-8-19-39)49(40-20-9-3-10-21-40)45-26-13-24-43(34-45)37-29-31-42(32-30-37)51-54-50(41-22-11-4-12-23-41)55-52(56-51)46-27-14-25-44(35-46)47-28-15-33-53-36-47/h1-36,51H,(H,54,55,56). The van der Waals surface area contributed by atoms with Gasteiger partial charge in [-0.1, -0.05) is 188 Å². The van der Waals surface area contributed by atoms with Crippen molar-refractivity contribution in [2.45, 2.75) is 6.17 Å². The molecule has 1 unspecified atom stereocenters. The Morgan fingerprint density at radius 2 is 0.821 bits per heavy atom. The van der Waals surface area contributed by atoms with Gasteiger partial charge in [-0.15, -0.1) is 0 Å². The van der Waals surface area contributed by atoms with Crippen LogP contribution >= 0.6 is 0 Å². The van der Waals surface area contributed by atoms with Crippen LogP contribution in [0.3, 0.4) is 0 Å². The molecule has 56 heavy (non-hydrogen) atoms. The summed E-state index contributed by atoms with van der Waals surface area (Å²) >= 11 is 0. The maximum Gasteiger partial charge on any atom is 0.169 e. The summed E-state index contributed by atoms with van der Waals surface area (Å²) in [7, 11) is 0. The van der Waals surface area contributed by atoms with E-state index in [1.165, 1.54) is 27.8 Å². The molecule has 4 heteroatoms. The van der Waals surface area contributed by atoms with Gasteiger partial charge in [0.1, 0.15) is 11.7 Å². The van der Waals surface area contributed by atoms with Crippen LogP contribution in [0, 0.1) is 0 Å². The molecular weight excluding hydrogens is 681 g/mol. The summed E-state index contributed by atoms with van der Waals surface area (Å²) in [4.78, 5) is 14.6. The minimum absolute atomic E-state index is 0.421. The highest BCUT2D eigenvalue weighted by molar-refractivity contribution is 6.16. The fraction of sp³-hybridized carbons (Fsp3) is 0.0192. The van der Waals surface area contributed by atoms with Crippen molar-refractivity contribution >= 4 is 22.8 Å². The zero-order valence-electron chi connectivity index (χ0n) is 30.7. The molecule has 0 fully saturated rings. The molecule has 0 aliphatic carbocycles. The van der Waals surface area contributed by atoms with Crippen molar-refractivity contribution in [1.82, 2.24) is 10.3 Å². The van der Waals surface area contributed by atoms with Crippen LogP contribution in [0.1, 0.15) is 45.1 Å². The first-order chi connectivity index (χ1) is 27.8.